The summed E-state index contributed by atoms with van der Waals surface area (Å²) in [4.78, 5) is 32.6. The number of anilines is 1. The number of aromatic nitrogens is 2. The van der Waals surface area contributed by atoms with Crippen molar-refractivity contribution < 1.29 is 13.9 Å². The highest BCUT2D eigenvalue weighted by molar-refractivity contribution is 5.73. The van der Waals surface area contributed by atoms with E-state index in [2.05, 4.69) is 9.88 Å². The Bertz CT molecular complexity index is 1150. The average Bonchev–Trinajstić information content (AvgIpc) is 3.28. The molecule has 1 aliphatic heterocycles. The van der Waals surface area contributed by atoms with Crippen LogP contribution < -0.4 is 15.2 Å². The van der Waals surface area contributed by atoms with Gasteiger partial charge in [0.05, 0.1) is 17.9 Å². The first kappa shape index (κ1) is 21.5. The zero-order valence-electron chi connectivity index (χ0n) is 18.1. The van der Waals surface area contributed by atoms with E-state index in [0.717, 1.165) is 30.9 Å². The minimum Gasteiger partial charge on any atom is -0.489 e. The molecule has 32 heavy (non-hydrogen) atoms. The van der Waals surface area contributed by atoms with E-state index < -0.39 is 0 Å². The third kappa shape index (κ3) is 4.80. The predicted octanol–water partition coefficient (Wildman–Crippen LogP) is 3.01. The van der Waals surface area contributed by atoms with Gasteiger partial charge in [-0.3, -0.25) is 14.2 Å². The van der Waals surface area contributed by atoms with Gasteiger partial charge in [0.15, 0.2) is 0 Å². The van der Waals surface area contributed by atoms with E-state index in [1.165, 1.54) is 22.8 Å². The summed E-state index contributed by atoms with van der Waals surface area (Å²) in [5, 5.41) is 0. The molecule has 3 heterocycles. The Labute approximate surface area is 185 Å². The summed E-state index contributed by atoms with van der Waals surface area (Å²) in [7, 11) is 1.83. The van der Waals surface area contributed by atoms with Crippen LogP contribution in [0, 0.1) is 5.82 Å². The van der Waals surface area contributed by atoms with Crippen molar-refractivity contribution in [1.82, 2.24) is 14.5 Å². The first-order valence-corrected chi connectivity index (χ1v) is 10.5. The maximum atomic E-state index is 13.0. The highest BCUT2D eigenvalue weighted by Gasteiger charge is 2.27. The van der Waals surface area contributed by atoms with Gasteiger partial charge in [0.1, 0.15) is 24.0 Å². The molecule has 2 aromatic heterocycles. The molecule has 166 valence electrons. The fourth-order valence-electron chi connectivity index (χ4n) is 3.74. The second-order valence-corrected chi connectivity index (χ2v) is 7.88. The first-order valence-electron chi connectivity index (χ1n) is 10.5. The Morgan fingerprint density at radius 2 is 2.00 bits per heavy atom. The lowest BCUT2D eigenvalue weighted by Gasteiger charge is -2.24. The fourth-order valence-corrected chi connectivity index (χ4v) is 3.74. The number of benzene rings is 1. The molecule has 1 fully saturated rings. The second-order valence-electron chi connectivity index (χ2n) is 7.88. The Hall–Kier alpha value is -3.68. The maximum Gasteiger partial charge on any atom is 0.258 e. The number of halogens is 1. The lowest BCUT2D eigenvalue weighted by atomic mass is 10.2. The normalized spacial score (nSPS) is 15.6. The van der Waals surface area contributed by atoms with Crippen LogP contribution in [0.3, 0.4) is 0 Å². The SMILES string of the molecule is CC(=O)N(C)C1CCN(c2ccc(-n3ccc(OCc4ccc(F)cc4)cc3=O)cn2)C1. The molecule has 1 unspecified atom stereocenters. The number of rotatable bonds is 6. The molecule has 4 rings (SSSR count). The third-order valence-electron chi connectivity index (χ3n) is 5.75. The molecular formula is C24H25FN4O3. The van der Waals surface area contributed by atoms with Gasteiger partial charge in [0.25, 0.3) is 5.56 Å². The number of ether oxygens (including phenoxy) is 1. The maximum absolute atomic E-state index is 13.0. The highest BCUT2D eigenvalue weighted by atomic mass is 19.1. The Morgan fingerprint density at radius 3 is 2.66 bits per heavy atom. The van der Waals surface area contributed by atoms with Gasteiger partial charge in [-0.25, -0.2) is 9.37 Å². The van der Waals surface area contributed by atoms with Crippen LogP contribution in [0.5, 0.6) is 5.75 Å². The van der Waals surface area contributed by atoms with Gasteiger partial charge in [-0.1, -0.05) is 12.1 Å². The molecular weight excluding hydrogens is 411 g/mol. The fraction of sp³-hybridized carbons (Fsp3) is 0.292. The largest absolute Gasteiger partial charge is 0.489 e. The number of carbonyl (C=O) groups is 1. The van der Waals surface area contributed by atoms with E-state index in [0.29, 0.717) is 11.4 Å². The molecule has 8 heteroatoms. The number of pyridine rings is 2. The van der Waals surface area contributed by atoms with Crippen molar-refractivity contribution in [1.29, 1.82) is 0 Å². The minimum absolute atomic E-state index is 0.0598. The Morgan fingerprint density at radius 1 is 1.22 bits per heavy atom. The lowest BCUT2D eigenvalue weighted by molar-refractivity contribution is -0.129. The summed E-state index contributed by atoms with van der Waals surface area (Å²) in [6, 6.07) is 13.1. The molecule has 1 saturated heterocycles. The van der Waals surface area contributed by atoms with Crippen molar-refractivity contribution in [3.8, 4) is 11.4 Å². The van der Waals surface area contributed by atoms with Crippen LogP contribution in [0.1, 0.15) is 18.9 Å². The molecule has 7 nitrogen and oxygen atoms in total. The first-order chi connectivity index (χ1) is 15.4. The van der Waals surface area contributed by atoms with Crippen molar-refractivity contribution in [2.24, 2.45) is 0 Å². The molecule has 0 bridgehead atoms. The van der Waals surface area contributed by atoms with Crippen LogP contribution in [0.4, 0.5) is 10.2 Å². The van der Waals surface area contributed by atoms with Crippen LogP contribution in [0.2, 0.25) is 0 Å². The molecule has 0 saturated carbocycles. The lowest BCUT2D eigenvalue weighted by Crippen LogP contribution is -2.37. The van der Waals surface area contributed by atoms with Crippen LogP contribution in [-0.2, 0) is 11.4 Å². The minimum atomic E-state index is -0.302. The summed E-state index contributed by atoms with van der Waals surface area (Å²) in [5.74, 6) is 1.02. The molecule has 0 radical (unpaired) electrons. The summed E-state index contributed by atoms with van der Waals surface area (Å²) >= 11 is 0. The van der Waals surface area contributed by atoms with E-state index >= 15 is 0 Å². The highest BCUT2D eigenvalue weighted by Crippen LogP contribution is 2.22. The quantitative estimate of drug-likeness (QED) is 0.594. The number of hydrogen-bond donors (Lipinski definition) is 0. The van der Waals surface area contributed by atoms with Gasteiger partial charge >= 0.3 is 0 Å². The standard InChI is InChI=1S/C24H25FN4O3/c1-17(30)27(2)21-9-11-28(15-21)23-8-7-20(14-26-23)29-12-10-22(13-24(29)31)32-16-18-3-5-19(25)6-4-18/h3-8,10,12-14,21H,9,11,15-16H2,1-2H3. The van der Waals surface area contributed by atoms with E-state index in [9.17, 15) is 14.0 Å². The van der Waals surface area contributed by atoms with Crippen molar-refractivity contribution in [3.63, 3.8) is 0 Å². The van der Waals surface area contributed by atoms with Crippen molar-refractivity contribution in [2.45, 2.75) is 26.0 Å². The van der Waals surface area contributed by atoms with E-state index in [4.69, 9.17) is 4.74 Å². The van der Waals surface area contributed by atoms with E-state index in [-0.39, 0.29) is 29.9 Å². The number of likely N-dealkylation sites (N-methyl/N-ethyl adjacent to an activating group) is 1. The van der Waals surface area contributed by atoms with Crippen molar-refractivity contribution in [3.05, 3.63) is 82.7 Å². The smallest absolute Gasteiger partial charge is 0.258 e. The van der Waals surface area contributed by atoms with Crippen molar-refractivity contribution in [2.75, 3.05) is 25.0 Å². The van der Waals surface area contributed by atoms with Gasteiger partial charge in [0, 0.05) is 39.3 Å². The monoisotopic (exact) mass is 436 g/mol. The number of hydrogen-bond acceptors (Lipinski definition) is 5. The van der Waals surface area contributed by atoms with Gasteiger partial charge in [-0.15, -0.1) is 0 Å². The summed E-state index contributed by atoms with van der Waals surface area (Å²) < 4.78 is 20.1. The van der Waals surface area contributed by atoms with Crippen LogP contribution in [-0.4, -0.2) is 46.5 Å². The van der Waals surface area contributed by atoms with Gasteiger partial charge in [0.2, 0.25) is 5.91 Å². The molecule has 1 aliphatic rings. The number of amides is 1. The molecule has 0 spiro atoms. The van der Waals surface area contributed by atoms with Crippen LogP contribution >= 0.6 is 0 Å². The molecule has 3 aromatic rings. The van der Waals surface area contributed by atoms with Crippen LogP contribution in [0.25, 0.3) is 5.69 Å². The average molecular weight is 436 g/mol. The topological polar surface area (TPSA) is 67.7 Å². The summed E-state index contributed by atoms with van der Waals surface area (Å²) in [6.07, 6.45) is 4.21. The number of carbonyl (C=O) groups excluding carboxylic acids is 1. The van der Waals surface area contributed by atoms with Crippen LogP contribution in [0.15, 0.2) is 65.7 Å². The Balaban J connectivity index is 1.41. The van der Waals surface area contributed by atoms with Gasteiger partial charge in [-0.2, -0.15) is 0 Å². The molecule has 1 atom stereocenters. The zero-order valence-corrected chi connectivity index (χ0v) is 18.1. The summed E-state index contributed by atoms with van der Waals surface area (Å²) in [5.41, 5.74) is 1.23. The molecule has 1 amide bonds. The summed E-state index contributed by atoms with van der Waals surface area (Å²) in [6.45, 7) is 3.39. The molecule has 1 aromatic carbocycles. The third-order valence-corrected chi connectivity index (χ3v) is 5.75. The van der Waals surface area contributed by atoms with Crippen molar-refractivity contribution >= 4 is 11.7 Å². The molecule has 0 aliphatic carbocycles. The van der Waals surface area contributed by atoms with E-state index in [1.807, 2.05) is 19.2 Å². The van der Waals surface area contributed by atoms with E-state index in [1.54, 1.807) is 42.4 Å². The van der Waals surface area contributed by atoms with Gasteiger partial charge < -0.3 is 14.5 Å². The Kier molecular flexibility index (Phi) is 6.20. The zero-order chi connectivity index (χ0) is 22.7. The number of nitrogens with zero attached hydrogens (tertiary/aromatic N) is 4. The van der Waals surface area contributed by atoms with Gasteiger partial charge in [-0.05, 0) is 42.3 Å². The molecule has 0 N–H and O–H groups in total. The second kappa shape index (κ2) is 9.21. The predicted molar refractivity (Wildman–Crippen MR) is 120 cm³/mol.